The maximum absolute atomic E-state index is 13.0. The summed E-state index contributed by atoms with van der Waals surface area (Å²) < 4.78 is 13.0. The van der Waals surface area contributed by atoms with E-state index in [-0.39, 0.29) is 17.6 Å². The minimum Gasteiger partial charge on any atom is -0.355 e. The minimum absolute atomic E-state index is 0.240. The number of amides is 2. The molecule has 0 bridgehead atoms. The normalized spacial score (nSPS) is 17.0. The molecule has 2 amide bonds. The molecule has 0 saturated carbocycles. The van der Waals surface area contributed by atoms with Crippen molar-refractivity contribution in [1.29, 1.82) is 0 Å². The molecule has 25 heavy (non-hydrogen) atoms. The van der Waals surface area contributed by atoms with Crippen molar-refractivity contribution in [3.63, 3.8) is 0 Å². The average molecular weight is 361 g/mol. The molecule has 0 spiro atoms. The number of carbonyl (C=O) groups excluding carboxylic acids is 2. The van der Waals surface area contributed by atoms with Gasteiger partial charge >= 0.3 is 0 Å². The van der Waals surface area contributed by atoms with Gasteiger partial charge in [0.1, 0.15) is 11.7 Å². The smallest absolute Gasteiger partial charge is 0.239 e. The number of hydrogen-bond donors (Lipinski definition) is 1. The van der Waals surface area contributed by atoms with Crippen LogP contribution in [0, 0.1) is 11.7 Å². The quantitative estimate of drug-likeness (QED) is 0.832. The van der Waals surface area contributed by atoms with Gasteiger partial charge in [0.2, 0.25) is 11.8 Å². The Morgan fingerprint density at radius 1 is 1.16 bits per heavy atom. The van der Waals surface area contributed by atoms with Crippen molar-refractivity contribution < 1.29 is 14.0 Å². The summed E-state index contributed by atoms with van der Waals surface area (Å²) in [5.41, 5.74) is 1.68. The average Bonchev–Trinajstić information content (AvgIpc) is 2.99. The van der Waals surface area contributed by atoms with E-state index >= 15 is 0 Å². The Kier molecular flexibility index (Phi) is 5.34. The third-order valence-corrected chi connectivity index (χ3v) is 4.54. The lowest BCUT2D eigenvalue weighted by molar-refractivity contribution is -0.132. The molecule has 1 N–H and O–H groups in total. The van der Waals surface area contributed by atoms with Gasteiger partial charge in [0.25, 0.3) is 0 Å². The molecule has 6 heteroatoms. The van der Waals surface area contributed by atoms with E-state index in [4.69, 9.17) is 11.6 Å². The van der Waals surface area contributed by atoms with Gasteiger partial charge < -0.3 is 10.2 Å². The molecule has 1 atom stereocenters. The van der Waals surface area contributed by atoms with Gasteiger partial charge in [0, 0.05) is 23.8 Å². The fraction of sp³-hybridized carbons (Fsp3) is 0.263. The molecule has 1 fully saturated rings. The van der Waals surface area contributed by atoms with Crippen LogP contribution in [0.15, 0.2) is 48.5 Å². The Hall–Kier alpha value is -2.40. The summed E-state index contributed by atoms with van der Waals surface area (Å²) in [7, 11) is 0. The summed E-state index contributed by atoms with van der Waals surface area (Å²) in [4.78, 5) is 26.3. The summed E-state index contributed by atoms with van der Waals surface area (Å²) in [6.45, 7) is 0.917. The zero-order valence-corrected chi connectivity index (χ0v) is 14.3. The Morgan fingerprint density at radius 3 is 2.52 bits per heavy atom. The Labute approximate surface area is 150 Å². The molecule has 1 heterocycles. The highest BCUT2D eigenvalue weighted by Gasteiger charge is 2.37. The number of halogens is 2. The first-order chi connectivity index (χ1) is 12.0. The standard InChI is InChI=1S/C19H18ClFN2O2/c20-14-3-1-13(2-4-14)9-11-22-18(24)17-10-12-23(19(17)25)16-7-5-15(21)6-8-16/h1-8,17H,9-12H2,(H,22,24)/t17-/m1/s1. The van der Waals surface area contributed by atoms with Crippen molar-refractivity contribution in [2.24, 2.45) is 5.92 Å². The van der Waals surface area contributed by atoms with Gasteiger partial charge in [-0.1, -0.05) is 23.7 Å². The van der Waals surface area contributed by atoms with Crippen molar-refractivity contribution in [1.82, 2.24) is 5.32 Å². The van der Waals surface area contributed by atoms with Crippen LogP contribution in [0.4, 0.5) is 10.1 Å². The van der Waals surface area contributed by atoms with Crippen LogP contribution in [-0.4, -0.2) is 24.9 Å². The molecule has 3 rings (SSSR count). The first-order valence-electron chi connectivity index (χ1n) is 8.14. The third kappa shape index (κ3) is 4.17. The second kappa shape index (κ2) is 7.66. The maximum atomic E-state index is 13.0. The van der Waals surface area contributed by atoms with E-state index < -0.39 is 5.92 Å². The first kappa shape index (κ1) is 17.4. The zero-order valence-electron chi connectivity index (χ0n) is 13.5. The van der Waals surface area contributed by atoms with Crippen LogP contribution in [0.3, 0.4) is 0 Å². The van der Waals surface area contributed by atoms with E-state index in [0.717, 1.165) is 5.56 Å². The van der Waals surface area contributed by atoms with Crippen LogP contribution in [-0.2, 0) is 16.0 Å². The van der Waals surface area contributed by atoms with Crippen molar-refractivity contribution in [2.45, 2.75) is 12.8 Å². The molecule has 0 aliphatic carbocycles. The number of rotatable bonds is 5. The van der Waals surface area contributed by atoms with E-state index in [0.29, 0.717) is 36.6 Å². The number of carbonyl (C=O) groups is 2. The number of benzene rings is 2. The lowest BCUT2D eigenvalue weighted by atomic mass is 10.1. The van der Waals surface area contributed by atoms with Crippen molar-refractivity contribution in [3.05, 3.63) is 64.9 Å². The second-order valence-corrected chi connectivity index (χ2v) is 6.41. The topological polar surface area (TPSA) is 49.4 Å². The highest BCUT2D eigenvalue weighted by Crippen LogP contribution is 2.25. The van der Waals surface area contributed by atoms with Gasteiger partial charge in [-0.15, -0.1) is 0 Å². The number of nitrogens with zero attached hydrogens (tertiary/aromatic N) is 1. The van der Waals surface area contributed by atoms with Crippen molar-refractivity contribution in [3.8, 4) is 0 Å². The largest absolute Gasteiger partial charge is 0.355 e. The van der Waals surface area contributed by atoms with Gasteiger partial charge in [0.05, 0.1) is 0 Å². The Bertz CT molecular complexity index is 762. The summed E-state index contributed by atoms with van der Waals surface area (Å²) in [5.74, 6) is -1.54. The van der Waals surface area contributed by atoms with Crippen LogP contribution in [0.1, 0.15) is 12.0 Å². The summed E-state index contributed by atoms with van der Waals surface area (Å²) >= 11 is 5.84. The first-order valence-corrected chi connectivity index (χ1v) is 8.51. The summed E-state index contributed by atoms with van der Waals surface area (Å²) in [5, 5.41) is 3.49. The Morgan fingerprint density at radius 2 is 1.84 bits per heavy atom. The molecule has 1 saturated heterocycles. The SMILES string of the molecule is O=C(NCCc1ccc(Cl)cc1)[C@H]1CCN(c2ccc(F)cc2)C1=O. The molecule has 130 valence electrons. The van der Waals surface area contributed by atoms with Crippen LogP contribution >= 0.6 is 11.6 Å². The molecular formula is C19H18ClFN2O2. The highest BCUT2D eigenvalue weighted by atomic mass is 35.5. The predicted octanol–water partition coefficient (Wildman–Crippen LogP) is 3.19. The fourth-order valence-corrected chi connectivity index (χ4v) is 3.03. The molecule has 0 unspecified atom stereocenters. The van der Waals surface area contributed by atoms with Crippen LogP contribution in [0.25, 0.3) is 0 Å². The maximum Gasteiger partial charge on any atom is 0.239 e. The minimum atomic E-state index is -0.685. The summed E-state index contributed by atoms with van der Waals surface area (Å²) in [6.07, 6.45) is 1.13. The van der Waals surface area contributed by atoms with E-state index in [2.05, 4.69) is 5.32 Å². The fourth-order valence-electron chi connectivity index (χ4n) is 2.90. The summed E-state index contributed by atoms with van der Waals surface area (Å²) in [6, 6.07) is 13.1. The number of nitrogens with one attached hydrogen (secondary N) is 1. The van der Waals surface area contributed by atoms with Crippen LogP contribution < -0.4 is 10.2 Å². The molecule has 2 aromatic rings. The second-order valence-electron chi connectivity index (χ2n) is 5.98. The molecule has 2 aromatic carbocycles. The molecule has 1 aliphatic heterocycles. The predicted molar refractivity (Wildman–Crippen MR) is 95.0 cm³/mol. The third-order valence-electron chi connectivity index (χ3n) is 4.29. The molecular weight excluding hydrogens is 343 g/mol. The van der Waals surface area contributed by atoms with E-state index in [9.17, 15) is 14.0 Å². The number of anilines is 1. The lowest BCUT2D eigenvalue weighted by Gasteiger charge is -2.16. The van der Waals surface area contributed by atoms with Crippen molar-refractivity contribution >= 4 is 29.1 Å². The van der Waals surface area contributed by atoms with Crippen LogP contribution in [0.2, 0.25) is 5.02 Å². The van der Waals surface area contributed by atoms with Gasteiger partial charge in [-0.3, -0.25) is 9.59 Å². The van der Waals surface area contributed by atoms with Crippen molar-refractivity contribution in [2.75, 3.05) is 18.0 Å². The molecule has 0 radical (unpaired) electrons. The van der Waals surface area contributed by atoms with Gasteiger partial charge in [0.15, 0.2) is 0 Å². The molecule has 1 aliphatic rings. The zero-order chi connectivity index (χ0) is 17.8. The van der Waals surface area contributed by atoms with E-state index in [1.807, 2.05) is 12.1 Å². The van der Waals surface area contributed by atoms with E-state index in [1.54, 1.807) is 24.3 Å². The number of hydrogen-bond acceptors (Lipinski definition) is 2. The van der Waals surface area contributed by atoms with E-state index in [1.165, 1.54) is 17.0 Å². The van der Waals surface area contributed by atoms with Gasteiger partial charge in [-0.2, -0.15) is 0 Å². The van der Waals surface area contributed by atoms with Crippen LogP contribution in [0.5, 0.6) is 0 Å². The van der Waals surface area contributed by atoms with Gasteiger partial charge in [-0.25, -0.2) is 4.39 Å². The van der Waals surface area contributed by atoms with Gasteiger partial charge in [-0.05, 0) is 54.8 Å². The monoisotopic (exact) mass is 360 g/mol. The molecule has 0 aromatic heterocycles. The Balaban J connectivity index is 1.53. The highest BCUT2D eigenvalue weighted by molar-refractivity contribution is 6.30. The molecule has 4 nitrogen and oxygen atoms in total. The lowest BCUT2D eigenvalue weighted by Crippen LogP contribution is -2.37.